The SMILES string of the molecule is CC(NC(=O)C(N)Cc1ccc(OCc2ccccc2)cc1)C(=O)NCC(=O)NN.Cl. The minimum absolute atomic E-state index is 0. The molecule has 7 N–H and O–H groups in total. The number of hydrogen-bond acceptors (Lipinski definition) is 6. The van der Waals surface area contributed by atoms with Gasteiger partial charge in [-0.05, 0) is 36.6 Å². The molecule has 2 unspecified atom stereocenters. The third kappa shape index (κ3) is 9.04. The number of nitrogens with two attached hydrogens (primary N) is 2. The van der Waals surface area contributed by atoms with Crippen LogP contribution in [0.5, 0.6) is 5.75 Å². The minimum Gasteiger partial charge on any atom is -0.489 e. The van der Waals surface area contributed by atoms with Gasteiger partial charge in [-0.15, -0.1) is 12.4 Å². The molecule has 0 aliphatic heterocycles. The quantitative estimate of drug-likeness (QED) is 0.198. The first-order chi connectivity index (χ1) is 14.4. The van der Waals surface area contributed by atoms with Crippen molar-refractivity contribution in [3.63, 3.8) is 0 Å². The molecule has 3 amide bonds. The van der Waals surface area contributed by atoms with E-state index >= 15 is 0 Å². The number of ether oxygens (including phenoxy) is 1. The van der Waals surface area contributed by atoms with Crippen molar-refractivity contribution in [1.82, 2.24) is 16.1 Å². The van der Waals surface area contributed by atoms with Gasteiger partial charge in [0.25, 0.3) is 5.91 Å². The fourth-order valence-electron chi connectivity index (χ4n) is 2.57. The zero-order valence-corrected chi connectivity index (χ0v) is 18.0. The van der Waals surface area contributed by atoms with E-state index in [1.165, 1.54) is 6.92 Å². The van der Waals surface area contributed by atoms with Crippen LogP contribution in [0.1, 0.15) is 18.1 Å². The lowest BCUT2D eigenvalue weighted by Crippen LogP contribution is -2.52. The molecule has 2 rings (SSSR count). The van der Waals surface area contributed by atoms with Crippen molar-refractivity contribution in [2.24, 2.45) is 11.6 Å². The first-order valence-corrected chi connectivity index (χ1v) is 9.48. The molecule has 168 valence electrons. The molecule has 9 nitrogen and oxygen atoms in total. The van der Waals surface area contributed by atoms with Crippen molar-refractivity contribution >= 4 is 30.1 Å². The summed E-state index contributed by atoms with van der Waals surface area (Å²) in [6.07, 6.45) is 0.300. The summed E-state index contributed by atoms with van der Waals surface area (Å²) in [5.41, 5.74) is 9.79. The number of nitrogens with one attached hydrogen (secondary N) is 3. The van der Waals surface area contributed by atoms with Crippen LogP contribution < -0.4 is 32.4 Å². The third-order valence-electron chi connectivity index (χ3n) is 4.30. The molecule has 0 radical (unpaired) electrons. The standard InChI is InChI=1S/C21H27N5O4.ClH/c1-14(20(28)24-12-19(27)26-23)25-21(29)18(22)11-15-7-9-17(10-8-15)30-13-16-5-3-2-4-6-16;/h2-10,14,18H,11-13,22-23H2,1H3,(H,24,28)(H,25,29)(H,26,27);1H. The molecule has 0 aromatic heterocycles. The molecule has 10 heteroatoms. The molecule has 2 atom stereocenters. The normalized spacial score (nSPS) is 12.0. The Labute approximate surface area is 187 Å². The summed E-state index contributed by atoms with van der Waals surface area (Å²) in [4.78, 5) is 35.2. The summed E-state index contributed by atoms with van der Waals surface area (Å²) >= 11 is 0. The summed E-state index contributed by atoms with van der Waals surface area (Å²) in [5, 5.41) is 4.88. The summed E-state index contributed by atoms with van der Waals surface area (Å²) in [6, 6.07) is 15.5. The van der Waals surface area contributed by atoms with Crippen molar-refractivity contribution in [2.75, 3.05) is 6.54 Å². The highest BCUT2D eigenvalue weighted by molar-refractivity contribution is 5.91. The summed E-state index contributed by atoms with van der Waals surface area (Å²) in [6.45, 7) is 1.69. The zero-order chi connectivity index (χ0) is 21.9. The lowest BCUT2D eigenvalue weighted by molar-refractivity contribution is -0.130. The molecule has 0 bridgehead atoms. The Morgan fingerprint density at radius 2 is 1.61 bits per heavy atom. The Kier molecular flexibility index (Phi) is 11.0. The smallest absolute Gasteiger partial charge is 0.253 e. The number of hydrazine groups is 1. The molecule has 0 aliphatic rings. The van der Waals surface area contributed by atoms with Crippen LogP contribution in [0.3, 0.4) is 0 Å². The second kappa shape index (κ2) is 13.2. The number of carbonyl (C=O) groups is 3. The topological polar surface area (TPSA) is 149 Å². The van der Waals surface area contributed by atoms with E-state index in [2.05, 4.69) is 10.6 Å². The second-order valence-electron chi connectivity index (χ2n) is 6.74. The molecule has 31 heavy (non-hydrogen) atoms. The maximum atomic E-state index is 12.2. The largest absolute Gasteiger partial charge is 0.489 e. The number of hydrogen-bond donors (Lipinski definition) is 5. The summed E-state index contributed by atoms with van der Waals surface area (Å²) in [5.74, 6) is 4.12. The number of carbonyl (C=O) groups excluding carboxylic acids is 3. The number of benzene rings is 2. The molecule has 0 aliphatic carbocycles. The van der Waals surface area contributed by atoms with Gasteiger partial charge in [-0.3, -0.25) is 19.8 Å². The molecule has 0 fully saturated rings. The van der Waals surface area contributed by atoms with E-state index in [4.69, 9.17) is 16.3 Å². The van der Waals surface area contributed by atoms with Crippen LogP contribution in [-0.4, -0.2) is 36.3 Å². The van der Waals surface area contributed by atoms with E-state index in [9.17, 15) is 14.4 Å². The van der Waals surface area contributed by atoms with E-state index in [0.29, 0.717) is 18.8 Å². The number of halogens is 1. The summed E-state index contributed by atoms with van der Waals surface area (Å²) < 4.78 is 5.74. The monoisotopic (exact) mass is 449 g/mol. The van der Waals surface area contributed by atoms with Gasteiger partial charge in [0.15, 0.2) is 0 Å². The van der Waals surface area contributed by atoms with Crippen LogP contribution >= 0.6 is 12.4 Å². The minimum atomic E-state index is -0.845. The van der Waals surface area contributed by atoms with Crippen molar-refractivity contribution in [3.05, 3.63) is 65.7 Å². The molecular formula is C21H28ClN5O4. The fraction of sp³-hybridized carbons (Fsp3) is 0.286. The van der Waals surface area contributed by atoms with Crippen LogP contribution in [0.4, 0.5) is 0 Å². The molecule has 0 saturated heterocycles. The van der Waals surface area contributed by atoms with Crippen molar-refractivity contribution in [1.29, 1.82) is 0 Å². The average molecular weight is 450 g/mol. The Morgan fingerprint density at radius 1 is 0.968 bits per heavy atom. The van der Waals surface area contributed by atoms with E-state index in [1.54, 1.807) is 0 Å². The molecule has 2 aromatic carbocycles. The van der Waals surface area contributed by atoms with Crippen LogP contribution in [0.25, 0.3) is 0 Å². The molecular weight excluding hydrogens is 422 g/mol. The summed E-state index contributed by atoms with van der Waals surface area (Å²) in [7, 11) is 0. The predicted octanol–water partition coefficient (Wildman–Crippen LogP) is 0.168. The van der Waals surface area contributed by atoms with E-state index in [-0.39, 0.29) is 19.0 Å². The van der Waals surface area contributed by atoms with Gasteiger partial charge >= 0.3 is 0 Å². The Hall–Kier alpha value is -3.14. The Morgan fingerprint density at radius 3 is 2.23 bits per heavy atom. The van der Waals surface area contributed by atoms with Crippen molar-refractivity contribution in [3.8, 4) is 5.75 Å². The maximum absolute atomic E-state index is 12.2. The zero-order valence-electron chi connectivity index (χ0n) is 17.2. The Bertz CT molecular complexity index is 849. The van der Waals surface area contributed by atoms with Crippen LogP contribution in [0.2, 0.25) is 0 Å². The highest BCUT2D eigenvalue weighted by atomic mass is 35.5. The highest BCUT2D eigenvalue weighted by Gasteiger charge is 2.20. The van der Waals surface area contributed by atoms with Gasteiger partial charge in [-0.2, -0.15) is 0 Å². The molecule has 0 heterocycles. The first kappa shape index (κ1) is 25.9. The predicted molar refractivity (Wildman–Crippen MR) is 119 cm³/mol. The van der Waals surface area contributed by atoms with Gasteiger partial charge in [-0.25, -0.2) is 5.84 Å². The highest BCUT2D eigenvalue weighted by Crippen LogP contribution is 2.15. The third-order valence-corrected chi connectivity index (χ3v) is 4.30. The number of rotatable bonds is 10. The van der Waals surface area contributed by atoms with Gasteiger partial charge in [0.05, 0.1) is 12.6 Å². The van der Waals surface area contributed by atoms with Gasteiger partial charge in [-0.1, -0.05) is 42.5 Å². The van der Waals surface area contributed by atoms with E-state index in [1.807, 2.05) is 60.0 Å². The first-order valence-electron chi connectivity index (χ1n) is 9.48. The molecule has 0 saturated carbocycles. The van der Waals surface area contributed by atoms with Crippen LogP contribution in [0, 0.1) is 0 Å². The van der Waals surface area contributed by atoms with Crippen LogP contribution in [0.15, 0.2) is 54.6 Å². The lowest BCUT2D eigenvalue weighted by Gasteiger charge is -2.17. The second-order valence-corrected chi connectivity index (χ2v) is 6.74. The molecule has 2 aromatic rings. The average Bonchev–Trinajstić information content (AvgIpc) is 2.77. The Balaban J connectivity index is 0.00000480. The molecule has 0 spiro atoms. The lowest BCUT2D eigenvalue weighted by atomic mass is 10.1. The van der Waals surface area contributed by atoms with E-state index in [0.717, 1.165) is 11.1 Å². The maximum Gasteiger partial charge on any atom is 0.253 e. The van der Waals surface area contributed by atoms with Gasteiger partial charge in [0.2, 0.25) is 11.8 Å². The van der Waals surface area contributed by atoms with Crippen molar-refractivity contribution < 1.29 is 19.1 Å². The fourth-order valence-corrected chi connectivity index (χ4v) is 2.57. The van der Waals surface area contributed by atoms with Crippen LogP contribution in [-0.2, 0) is 27.4 Å². The van der Waals surface area contributed by atoms with Gasteiger partial charge in [0.1, 0.15) is 18.4 Å². The number of amides is 3. The van der Waals surface area contributed by atoms with Crippen molar-refractivity contribution in [2.45, 2.75) is 32.0 Å². The van der Waals surface area contributed by atoms with E-state index < -0.39 is 29.8 Å². The van der Waals surface area contributed by atoms with Gasteiger partial charge in [0, 0.05) is 0 Å². The van der Waals surface area contributed by atoms with Gasteiger partial charge < -0.3 is 21.1 Å².